The fraction of sp³-hybridized carbons (Fsp3) is 0.750. The van der Waals surface area contributed by atoms with Crippen LogP contribution in [0.3, 0.4) is 0 Å². The highest BCUT2D eigenvalue weighted by Gasteiger charge is 2.38. The van der Waals surface area contributed by atoms with Crippen LogP contribution >= 0.6 is 0 Å². The molecule has 0 bridgehead atoms. The van der Waals surface area contributed by atoms with Crippen LogP contribution in [0.15, 0.2) is 12.3 Å². The summed E-state index contributed by atoms with van der Waals surface area (Å²) >= 11 is 0. The number of aliphatic hydroxyl groups excluding tert-OH is 1. The second-order valence-electron chi connectivity index (χ2n) is 7.57. The van der Waals surface area contributed by atoms with Gasteiger partial charge in [0.05, 0.1) is 6.10 Å². The van der Waals surface area contributed by atoms with Crippen LogP contribution in [0.4, 0.5) is 11.8 Å². The Kier molecular flexibility index (Phi) is 3.56. The minimum absolute atomic E-state index is 0.0249. The third kappa shape index (κ3) is 3.46. The average Bonchev–Trinajstić information content (AvgIpc) is 3.12. The van der Waals surface area contributed by atoms with Crippen molar-refractivity contribution in [2.45, 2.75) is 70.6 Å². The van der Waals surface area contributed by atoms with Gasteiger partial charge in [0.2, 0.25) is 5.95 Å². The molecule has 2 aliphatic rings. The highest BCUT2D eigenvalue weighted by Crippen LogP contribution is 2.38. The van der Waals surface area contributed by atoms with E-state index in [0.29, 0.717) is 5.95 Å². The lowest BCUT2D eigenvalue weighted by Crippen LogP contribution is -2.41. The number of aromatic nitrogens is 2. The van der Waals surface area contributed by atoms with Crippen molar-refractivity contribution in [1.29, 1.82) is 0 Å². The zero-order chi connectivity index (χ0) is 15.1. The highest BCUT2D eigenvalue weighted by atomic mass is 16.3. The summed E-state index contributed by atoms with van der Waals surface area (Å²) in [5.74, 6) is 1.53. The summed E-state index contributed by atoms with van der Waals surface area (Å²) in [5, 5.41) is 17.0. The SMILES string of the molecule is CC1(Nc2nccc(N[C@@H]3CCC(C)(C)[C@H](O)C3)n2)CC1. The molecule has 3 N–H and O–H groups in total. The summed E-state index contributed by atoms with van der Waals surface area (Å²) in [5.41, 5.74) is 0.209. The van der Waals surface area contributed by atoms with E-state index in [1.165, 1.54) is 12.8 Å². The number of anilines is 2. The molecule has 0 amide bonds. The second-order valence-corrected chi connectivity index (χ2v) is 7.57. The molecule has 5 heteroatoms. The van der Waals surface area contributed by atoms with Gasteiger partial charge in [-0.15, -0.1) is 0 Å². The normalized spacial score (nSPS) is 29.7. The quantitative estimate of drug-likeness (QED) is 0.795. The van der Waals surface area contributed by atoms with Gasteiger partial charge in [0.1, 0.15) is 5.82 Å². The summed E-state index contributed by atoms with van der Waals surface area (Å²) in [6, 6.07) is 2.18. The van der Waals surface area contributed by atoms with Crippen molar-refractivity contribution in [3.63, 3.8) is 0 Å². The van der Waals surface area contributed by atoms with Crippen molar-refractivity contribution in [3.05, 3.63) is 12.3 Å². The summed E-state index contributed by atoms with van der Waals surface area (Å²) in [6.07, 6.45) is 6.75. The summed E-state index contributed by atoms with van der Waals surface area (Å²) < 4.78 is 0. The van der Waals surface area contributed by atoms with Crippen molar-refractivity contribution in [1.82, 2.24) is 9.97 Å². The van der Waals surface area contributed by atoms with E-state index in [9.17, 15) is 5.11 Å². The van der Waals surface area contributed by atoms with Gasteiger partial charge in [0.25, 0.3) is 0 Å². The maximum atomic E-state index is 10.2. The van der Waals surface area contributed by atoms with Gasteiger partial charge in [0.15, 0.2) is 0 Å². The molecule has 0 aliphatic heterocycles. The maximum absolute atomic E-state index is 10.2. The number of nitrogens with zero attached hydrogens (tertiary/aromatic N) is 2. The standard InChI is InChI=1S/C16H26N4O/c1-15(2)6-4-11(10-12(15)21)18-13-5-9-17-14(19-13)20-16(3)7-8-16/h5,9,11-12,21H,4,6-8,10H2,1-3H3,(H2,17,18,19,20)/t11-,12-/m1/s1. The predicted octanol–water partition coefficient (Wildman–Crippen LogP) is 2.79. The third-order valence-electron chi connectivity index (χ3n) is 4.97. The van der Waals surface area contributed by atoms with E-state index in [1.807, 2.05) is 6.07 Å². The molecule has 2 aliphatic carbocycles. The summed E-state index contributed by atoms with van der Waals surface area (Å²) in [6.45, 7) is 6.46. The molecule has 0 saturated heterocycles. The minimum Gasteiger partial charge on any atom is -0.392 e. The predicted molar refractivity (Wildman–Crippen MR) is 84.3 cm³/mol. The first-order valence-corrected chi connectivity index (χ1v) is 7.92. The number of nitrogens with one attached hydrogen (secondary N) is 2. The molecular weight excluding hydrogens is 264 g/mol. The van der Waals surface area contributed by atoms with Gasteiger partial charge in [-0.3, -0.25) is 0 Å². The molecule has 5 nitrogen and oxygen atoms in total. The van der Waals surface area contributed by atoms with E-state index in [2.05, 4.69) is 41.4 Å². The van der Waals surface area contributed by atoms with Crippen LogP contribution in [-0.2, 0) is 0 Å². The Morgan fingerprint density at radius 3 is 2.67 bits per heavy atom. The van der Waals surface area contributed by atoms with Crippen molar-refractivity contribution < 1.29 is 5.11 Å². The summed E-state index contributed by atoms with van der Waals surface area (Å²) in [7, 11) is 0. The van der Waals surface area contributed by atoms with Gasteiger partial charge < -0.3 is 15.7 Å². The minimum atomic E-state index is -0.256. The first kappa shape index (κ1) is 14.6. The van der Waals surface area contributed by atoms with Crippen LogP contribution in [0, 0.1) is 5.41 Å². The lowest BCUT2D eigenvalue weighted by Gasteiger charge is -2.39. The largest absolute Gasteiger partial charge is 0.392 e. The Balaban J connectivity index is 1.61. The monoisotopic (exact) mass is 290 g/mol. The number of aliphatic hydroxyl groups is 1. The van der Waals surface area contributed by atoms with Crippen LogP contribution in [0.1, 0.15) is 52.9 Å². The third-order valence-corrected chi connectivity index (χ3v) is 4.97. The van der Waals surface area contributed by atoms with Crippen LogP contribution in [0.2, 0.25) is 0 Å². The zero-order valence-electron chi connectivity index (χ0n) is 13.2. The molecule has 0 aromatic carbocycles. The fourth-order valence-corrected chi connectivity index (χ4v) is 2.84. The molecule has 0 unspecified atom stereocenters. The number of hydrogen-bond acceptors (Lipinski definition) is 5. The van der Waals surface area contributed by atoms with E-state index in [0.717, 1.165) is 25.1 Å². The van der Waals surface area contributed by atoms with Crippen LogP contribution in [0.5, 0.6) is 0 Å². The van der Waals surface area contributed by atoms with E-state index in [1.54, 1.807) is 6.20 Å². The molecular formula is C16H26N4O. The van der Waals surface area contributed by atoms with Crippen molar-refractivity contribution in [2.24, 2.45) is 5.41 Å². The molecule has 1 aromatic rings. The molecule has 2 fully saturated rings. The Morgan fingerprint density at radius 1 is 1.24 bits per heavy atom. The first-order chi connectivity index (χ1) is 9.86. The first-order valence-electron chi connectivity index (χ1n) is 7.92. The van der Waals surface area contributed by atoms with Gasteiger partial charge in [-0.25, -0.2) is 4.98 Å². The van der Waals surface area contributed by atoms with E-state index >= 15 is 0 Å². The zero-order valence-corrected chi connectivity index (χ0v) is 13.2. The molecule has 0 radical (unpaired) electrons. The highest BCUT2D eigenvalue weighted by molar-refractivity contribution is 5.42. The van der Waals surface area contributed by atoms with Crippen molar-refractivity contribution >= 4 is 11.8 Å². The Labute approximate surface area is 126 Å². The molecule has 21 heavy (non-hydrogen) atoms. The maximum Gasteiger partial charge on any atom is 0.225 e. The van der Waals surface area contributed by atoms with Crippen molar-refractivity contribution in [2.75, 3.05) is 10.6 Å². The van der Waals surface area contributed by atoms with Gasteiger partial charge in [-0.1, -0.05) is 13.8 Å². The van der Waals surface area contributed by atoms with E-state index < -0.39 is 0 Å². The molecule has 1 heterocycles. The molecule has 1 aromatic heterocycles. The van der Waals surface area contributed by atoms with Gasteiger partial charge in [-0.2, -0.15) is 4.98 Å². The van der Waals surface area contributed by atoms with Crippen LogP contribution in [0.25, 0.3) is 0 Å². The van der Waals surface area contributed by atoms with E-state index in [-0.39, 0.29) is 23.1 Å². The number of rotatable bonds is 4. The summed E-state index contributed by atoms with van der Waals surface area (Å²) in [4.78, 5) is 8.82. The Hall–Kier alpha value is -1.36. The Morgan fingerprint density at radius 2 is 2.00 bits per heavy atom. The molecule has 0 spiro atoms. The molecule has 2 saturated carbocycles. The van der Waals surface area contributed by atoms with Crippen molar-refractivity contribution in [3.8, 4) is 0 Å². The molecule has 3 rings (SSSR count). The van der Waals surface area contributed by atoms with Crippen LogP contribution in [-0.4, -0.2) is 32.8 Å². The topological polar surface area (TPSA) is 70.1 Å². The average molecular weight is 290 g/mol. The fourth-order valence-electron chi connectivity index (χ4n) is 2.84. The second kappa shape index (κ2) is 5.13. The van der Waals surface area contributed by atoms with Crippen LogP contribution < -0.4 is 10.6 Å². The van der Waals surface area contributed by atoms with Gasteiger partial charge in [-0.05, 0) is 50.5 Å². The lowest BCUT2D eigenvalue weighted by molar-refractivity contribution is 0.00913. The van der Waals surface area contributed by atoms with Gasteiger partial charge >= 0.3 is 0 Å². The Bertz CT molecular complexity index is 513. The lowest BCUT2D eigenvalue weighted by atomic mass is 9.73. The van der Waals surface area contributed by atoms with E-state index in [4.69, 9.17) is 0 Å². The number of hydrogen-bond donors (Lipinski definition) is 3. The smallest absolute Gasteiger partial charge is 0.225 e. The van der Waals surface area contributed by atoms with Gasteiger partial charge in [0, 0.05) is 17.8 Å². The molecule has 2 atom stereocenters. The molecule has 116 valence electrons.